The summed E-state index contributed by atoms with van der Waals surface area (Å²) in [5.41, 5.74) is 5.45. The number of nitrogens with one attached hydrogen (secondary N) is 3. The van der Waals surface area contributed by atoms with E-state index in [9.17, 15) is 0 Å². The summed E-state index contributed by atoms with van der Waals surface area (Å²) in [6.07, 6.45) is 4.30. The largest absolute Gasteiger partial charge is 0.340 e. The van der Waals surface area contributed by atoms with Gasteiger partial charge in [0.15, 0.2) is 0 Å². The Morgan fingerprint density at radius 3 is 2.35 bits per heavy atom. The average Bonchev–Trinajstić information content (AvgIpc) is 2.81. The fraction of sp³-hybridized carbons (Fsp3) is 0.407. The van der Waals surface area contributed by atoms with Crippen LogP contribution in [0.5, 0.6) is 0 Å². The Kier molecular flexibility index (Phi) is 7.63. The van der Waals surface area contributed by atoms with E-state index in [1.807, 2.05) is 25.3 Å². The van der Waals surface area contributed by atoms with Crippen molar-refractivity contribution in [2.45, 2.75) is 51.2 Å². The predicted octanol–water partition coefficient (Wildman–Crippen LogP) is 6.94. The standard InChI is InChI=1S/C27H36N6S/c1-19-18-28-26(30-22-11-9-20(10-12-22)21-13-15-33(5)16-14-21)31-25(19)29-23-7-6-8-24(17-23)32-34-27(2,3)4/h6-12,17-18,21,32H,13-16H2,1-5H3,(H2,28,29,30,31). The summed E-state index contributed by atoms with van der Waals surface area (Å²) in [5, 5.41) is 6.80. The van der Waals surface area contributed by atoms with Gasteiger partial charge in [0.1, 0.15) is 5.82 Å². The van der Waals surface area contributed by atoms with Crippen molar-refractivity contribution in [3.05, 3.63) is 65.9 Å². The minimum atomic E-state index is 0.137. The first-order valence-corrected chi connectivity index (χ1v) is 12.8. The molecule has 34 heavy (non-hydrogen) atoms. The van der Waals surface area contributed by atoms with Gasteiger partial charge in [0.2, 0.25) is 5.95 Å². The zero-order chi connectivity index (χ0) is 24.1. The molecule has 0 spiro atoms. The van der Waals surface area contributed by atoms with Crippen molar-refractivity contribution in [1.29, 1.82) is 0 Å². The van der Waals surface area contributed by atoms with Gasteiger partial charge in [0.05, 0.1) is 0 Å². The summed E-state index contributed by atoms with van der Waals surface area (Å²) in [5.74, 6) is 2.03. The number of piperidine rings is 1. The number of hydrogen-bond donors (Lipinski definition) is 3. The maximum absolute atomic E-state index is 4.73. The molecular weight excluding hydrogens is 440 g/mol. The monoisotopic (exact) mass is 476 g/mol. The van der Waals surface area contributed by atoms with Crippen LogP contribution in [0.4, 0.5) is 28.8 Å². The first-order chi connectivity index (χ1) is 16.2. The molecule has 7 heteroatoms. The number of rotatable bonds is 7. The van der Waals surface area contributed by atoms with Gasteiger partial charge in [-0.15, -0.1) is 0 Å². The third-order valence-corrected chi connectivity index (χ3v) is 6.88. The van der Waals surface area contributed by atoms with Gasteiger partial charge in [-0.25, -0.2) is 4.98 Å². The zero-order valence-corrected chi connectivity index (χ0v) is 21.7. The Balaban J connectivity index is 1.41. The van der Waals surface area contributed by atoms with Gasteiger partial charge in [-0.2, -0.15) is 4.98 Å². The SMILES string of the molecule is Cc1cnc(Nc2ccc(C3CCN(C)CC3)cc2)nc1Nc1cccc(NSC(C)(C)C)c1. The topological polar surface area (TPSA) is 65.1 Å². The summed E-state index contributed by atoms with van der Waals surface area (Å²) in [7, 11) is 2.20. The van der Waals surface area contributed by atoms with Crippen LogP contribution in [0.1, 0.15) is 50.7 Å². The summed E-state index contributed by atoms with van der Waals surface area (Å²) >= 11 is 1.70. The molecule has 1 aliphatic heterocycles. The van der Waals surface area contributed by atoms with E-state index in [-0.39, 0.29) is 4.75 Å². The Morgan fingerprint density at radius 1 is 0.941 bits per heavy atom. The summed E-state index contributed by atoms with van der Waals surface area (Å²) in [6, 6.07) is 17.0. The molecule has 1 fully saturated rings. The van der Waals surface area contributed by atoms with Crippen LogP contribution in [0.15, 0.2) is 54.7 Å². The fourth-order valence-corrected chi connectivity index (χ4v) is 4.50. The number of anilines is 5. The molecule has 6 nitrogen and oxygen atoms in total. The van der Waals surface area contributed by atoms with Crippen LogP contribution in [0.3, 0.4) is 0 Å². The number of likely N-dealkylation sites (tertiary alicyclic amines) is 1. The molecule has 1 aliphatic rings. The maximum atomic E-state index is 4.73. The molecule has 2 heterocycles. The van der Waals surface area contributed by atoms with Crippen molar-refractivity contribution < 1.29 is 0 Å². The van der Waals surface area contributed by atoms with Gasteiger partial charge in [0, 0.05) is 33.6 Å². The summed E-state index contributed by atoms with van der Waals surface area (Å²) in [6.45, 7) is 10.9. The maximum Gasteiger partial charge on any atom is 0.229 e. The number of aryl methyl sites for hydroxylation is 1. The van der Waals surface area contributed by atoms with Crippen LogP contribution in [-0.2, 0) is 0 Å². The molecule has 0 aliphatic carbocycles. The van der Waals surface area contributed by atoms with E-state index in [0.29, 0.717) is 11.9 Å². The van der Waals surface area contributed by atoms with E-state index in [2.05, 4.69) is 89.5 Å². The molecule has 0 bridgehead atoms. The zero-order valence-electron chi connectivity index (χ0n) is 20.9. The Bertz CT molecular complexity index is 1090. The van der Waals surface area contributed by atoms with Gasteiger partial charge in [-0.1, -0.05) is 18.2 Å². The lowest BCUT2D eigenvalue weighted by atomic mass is 9.89. The van der Waals surface area contributed by atoms with Gasteiger partial charge in [-0.05, 0) is 114 Å². The average molecular weight is 477 g/mol. The molecule has 1 saturated heterocycles. The lowest BCUT2D eigenvalue weighted by molar-refractivity contribution is 0.255. The third kappa shape index (κ3) is 6.87. The van der Waals surface area contributed by atoms with Crippen molar-refractivity contribution in [3.63, 3.8) is 0 Å². The molecular formula is C27H36N6S. The van der Waals surface area contributed by atoms with Gasteiger partial charge < -0.3 is 20.3 Å². The molecule has 1 aromatic heterocycles. The number of aromatic nitrogens is 2. The van der Waals surface area contributed by atoms with Crippen LogP contribution in [-0.4, -0.2) is 39.8 Å². The minimum Gasteiger partial charge on any atom is -0.340 e. The van der Waals surface area contributed by atoms with E-state index >= 15 is 0 Å². The molecule has 0 unspecified atom stereocenters. The molecule has 180 valence electrons. The highest BCUT2D eigenvalue weighted by Crippen LogP contribution is 2.30. The number of hydrogen-bond acceptors (Lipinski definition) is 7. The highest BCUT2D eigenvalue weighted by molar-refractivity contribution is 8.01. The van der Waals surface area contributed by atoms with Crippen molar-refractivity contribution in [2.75, 3.05) is 35.5 Å². The fourth-order valence-electron chi connectivity index (χ4n) is 3.95. The van der Waals surface area contributed by atoms with Crippen molar-refractivity contribution in [2.24, 2.45) is 0 Å². The van der Waals surface area contributed by atoms with Crippen molar-refractivity contribution >= 4 is 40.8 Å². The molecule has 0 saturated carbocycles. The predicted molar refractivity (Wildman–Crippen MR) is 147 cm³/mol. The van der Waals surface area contributed by atoms with Gasteiger partial charge in [0.25, 0.3) is 0 Å². The second-order valence-electron chi connectivity index (χ2n) is 10.1. The normalized spacial score (nSPS) is 15.2. The quantitative estimate of drug-likeness (QED) is 0.319. The van der Waals surface area contributed by atoms with Crippen LogP contribution < -0.4 is 15.4 Å². The Morgan fingerprint density at radius 2 is 1.65 bits per heavy atom. The van der Waals surface area contributed by atoms with Crippen LogP contribution >= 0.6 is 11.9 Å². The lowest BCUT2D eigenvalue weighted by Gasteiger charge is -2.29. The Hall–Kier alpha value is -2.77. The van der Waals surface area contributed by atoms with E-state index in [1.165, 1.54) is 31.5 Å². The highest BCUT2D eigenvalue weighted by atomic mass is 32.2. The van der Waals surface area contributed by atoms with E-state index in [4.69, 9.17) is 4.98 Å². The Labute approximate surface area is 208 Å². The molecule has 0 amide bonds. The molecule has 3 aromatic rings. The van der Waals surface area contributed by atoms with Gasteiger partial charge >= 0.3 is 0 Å². The smallest absolute Gasteiger partial charge is 0.229 e. The number of benzene rings is 2. The molecule has 4 rings (SSSR count). The second kappa shape index (κ2) is 10.7. The van der Waals surface area contributed by atoms with E-state index in [0.717, 1.165) is 28.4 Å². The minimum absolute atomic E-state index is 0.137. The van der Waals surface area contributed by atoms with Crippen LogP contribution in [0.2, 0.25) is 0 Å². The highest BCUT2D eigenvalue weighted by Gasteiger charge is 2.18. The molecule has 2 aromatic carbocycles. The van der Waals surface area contributed by atoms with E-state index in [1.54, 1.807) is 11.9 Å². The molecule has 0 radical (unpaired) electrons. The van der Waals surface area contributed by atoms with Gasteiger partial charge in [-0.3, -0.25) is 0 Å². The van der Waals surface area contributed by atoms with Crippen LogP contribution in [0.25, 0.3) is 0 Å². The first-order valence-electron chi connectivity index (χ1n) is 12.0. The lowest BCUT2D eigenvalue weighted by Crippen LogP contribution is -2.29. The second-order valence-corrected chi connectivity index (χ2v) is 11.7. The van der Waals surface area contributed by atoms with Crippen molar-refractivity contribution in [3.8, 4) is 0 Å². The third-order valence-electron chi connectivity index (χ3n) is 5.93. The summed E-state index contributed by atoms with van der Waals surface area (Å²) < 4.78 is 3.57. The summed E-state index contributed by atoms with van der Waals surface area (Å²) in [4.78, 5) is 11.6. The van der Waals surface area contributed by atoms with E-state index < -0.39 is 0 Å². The molecule has 0 atom stereocenters. The number of nitrogens with zero attached hydrogens (tertiary/aromatic N) is 3. The first kappa shape index (κ1) is 24.4. The van der Waals surface area contributed by atoms with Crippen molar-refractivity contribution in [1.82, 2.24) is 14.9 Å². The van der Waals surface area contributed by atoms with Crippen LogP contribution in [0, 0.1) is 6.92 Å². The molecule has 3 N–H and O–H groups in total.